The number of hydrogen-bond acceptors (Lipinski definition) is 5. The lowest BCUT2D eigenvalue weighted by Crippen LogP contribution is -2.43. The van der Waals surface area contributed by atoms with Crippen LogP contribution in [0.15, 0.2) is 42.5 Å². The number of benzene rings is 2. The Hall–Kier alpha value is -2.81. The molecular formula is C20H16Cl3N3O5. The first-order chi connectivity index (χ1) is 14.7. The number of rotatable bonds is 6. The summed E-state index contributed by atoms with van der Waals surface area (Å²) in [6.45, 7) is -0.605. The third-order valence-corrected chi connectivity index (χ3v) is 5.34. The van der Waals surface area contributed by atoms with E-state index in [1.807, 2.05) is 0 Å². The maximum absolute atomic E-state index is 12.2. The third kappa shape index (κ3) is 6.10. The predicted molar refractivity (Wildman–Crippen MR) is 115 cm³/mol. The van der Waals surface area contributed by atoms with E-state index in [0.29, 0.717) is 21.3 Å². The first kappa shape index (κ1) is 22.9. The molecule has 0 aromatic heterocycles. The molecule has 1 aliphatic rings. The van der Waals surface area contributed by atoms with Gasteiger partial charge in [0.1, 0.15) is 0 Å². The Morgan fingerprint density at radius 1 is 1.03 bits per heavy atom. The van der Waals surface area contributed by atoms with Crippen molar-refractivity contribution in [2.75, 3.05) is 18.5 Å². The molecule has 0 saturated carbocycles. The van der Waals surface area contributed by atoms with Crippen LogP contribution >= 0.6 is 34.8 Å². The quantitative estimate of drug-likeness (QED) is 0.612. The van der Waals surface area contributed by atoms with Crippen LogP contribution in [-0.4, -0.2) is 41.9 Å². The highest BCUT2D eigenvalue weighted by atomic mass is 35.5. The lowest BCUT2D eigenvalue weighted by molar-refractivity contribution is -0.151. The van der Waals surface area contributed by atoms with Crippen LogP contribution in [-0.2, 0) is 19.1 Å². The number of hydrogen-bond donors (Lipinski definition) is 2. The molecule has 2 aromatic carbocycles. The number of carbonyl (C=O) groups excluding carboxylic acids is 4. The van der Waals surface area contributed by atoms with Crippen LogP contribution in [0.5, 0.6) is 0 Å². The summed E-state index contributed by atoms with van der Waals surface area (Å²) in [5.74, 6) is -3.06. The summed E-state index contributed by atoms with van der Waals surface area (Å²) >= 11 is 17.5. The van der Waals surface area contributed by atoms with Gasteiger partial charge in [-0.2, -0.15) is 0 Å². The van der Waals surface area contributed by atoms with Crippen LogP contribution < -0.4 is 10.7 Å². The van der Waals surface area contributed by atoms with Gasteiger partial charge in [-0.3, -0.25) is 29.6 Å². The molecule has 2 N–H and O–H groups in total. The van der Waals surface area contributed by atoms with Gasteiger partial charge >= 0.3 is 5.97 Å². The van der Waals surface area contributed by atoms with Gasteiger partial charge in [0.15, 0.2) is 6.61 Å². The maximum Gasteiger partial charge on any atom is 0.311 e. The normalized spacial score (nSPS) is 15.5. The smallest absolute Gasteiger partial charge is 0.311 e. The van der Waals surface area contributed by atoms with Gasteiger partial charge < -0.3 is 10.1 Å². The minimum absolute atomic E-state index is 0.0641. The van der Waals surface area contributed by atoms with Crippen molar-refractivity contribution in [3.8, 4) is 0 Å². The van der Waals surface area contributed by atoms with Gasteiger partial charge in [0.2, 0.25) is 5.91 Å². The Balaban J connectivity index is 1.48. The molecule has 1 heterocycles. The third-order valence-electron chi connectivity index (χ3n) is 4.35. The summed E-state index contributed by atoms with van der Waals surface area (Å²) in [6.07, 6.45) is -0.145. The van der Waals surface area contributed by atoms with E-state index in [0.717, 1.165) is 5.01 Å². The van der Waals surface area contributed by atoms with Crippen molar-refractivity contribution in [3.05, 3.63) is 63.1 Å². The van der Waals surface area contributed by atoms with Crippen molar-refractivity contribution < 1.29 is 23.9 Å². The predicted octanol–water partition coefficient (Wildman–Crippen LogP) is 3.32. The van der Waals surface area contributed by atoms with Crippen LogP contribution in [0.1, 0.15) is 16.8 Å². The zero-order valence-electron chi connectivity index (χ0n) is 15.9. The fraction of sp³-hybridized carbons (Fsp3) is 0.200. The van der Waals surface area contributed by atoms with Crippen molar-refractivity contribution in [1.29, 1.82) is 0 Å². The molecule has 3 amide bonds. The van der Waals surface area contributed by atoms with Gasteiger partial charge in [0.25, 0.3) is 11.8 Å². The summed E-state index contributed by atoms with van der Waals surface area (Å²) in [5, 5.41) is 4.65. The monoisotopic (exact) mass is 483 g/mol. The molecule has 162 valence electrons. The molecular weight excluding hydrogens is 469 g/mol. The van der Waals surface area contributed by atoms with Gasteiger partial charge in [0, 0.05) is 22.7 Å². The Kier molecular flexibility index (Phi) is 7.37. The van der Waals surface area contributed by atoms with Gasteiger partial charge in [-0.05, 0) is 42.5 Å². The van der Waals surface area contributed by atoms with Gasteiger partial charge in [-0.25, -0.2) is 0 Å². The first-order valence-electron chi connectivity index (χ1n) is 9.01. The van der Waals surface area contributed by atoms with Crippen molar-refractivity contribution >= 4 is 64.2 Å². The molecule has 1 fully saturated rings. The minimum atomic E-state index is -0.809. The molecule has 0 bridgehead atoms. The molecule has 31 heavy (non-hydrogen) atoms. The van der Waals surface area contributed by atoms with Gasteiger partial charge in [-0.1, -0.05) is 34.8 Å². The van der Waals surface area contributed by atoms with Crippen LogP contribution in [0, 0.1) is 5.92 Å². The fourth-order valence-corrected chi connectivity index (χ4v) is 3.21. The maximum atomic E-state index is 12.2. The average molecular weight is 485 g/mol. The minimum Gasteiger partial charge on any atom is -0.455 e. The average Bonchev–Trinajstić information content (AvgIpc) is 3.10. The van der Waals surface area contributed by atoms with Crippen molar-refractivity contribution in [1.82, 2.24) is 10.4 Å². The number of esters is 1. The molecule has 3 rings (SSSR count). The van der Waals surface area contributed by atoms with E-state index in [2.05, 4.69) is 10.7 Å². The molecule has 0 radical (unpaired) electrons. The molecule has 2 aromatic rings. The molecule has 8 nitrogen and oxygen atoms in total. The Morgan fingerprint density at radius 2 is 1.74 bits per heavy atom. The number of ether oxygens (including phenoxy) is 1. The summed E-state index contributed by atoms with van der Waals surface area (Å²) in [7, 11) is 0. The van der Waals surface area contributed by atoms with Crippen LogP contribution in [0.3, 0.4) is 0 Å². The Labute approximate surface area is 192 Å². The summed E-state index contributed by atoms with van der Waals surface area (Å²) in [4.78, 5) is 48.6. The van der Waals surface area contributed by atoms with E-state index in [9.17, 15) is 19.2 Å². The van der Waals surface area contributed by atoms with E-state index in [1.54, 1.807) is 18.2 Å². The van der Waals surface area contributed by atoms with Crippen LogP contribution in [0.4, 0.5) is 5.69 Å². The van der Waals surface area contributed by atoms with Crippen molar-refractivity contribution in [2.45, 2.75) is 6.42 Å². The van der Waals surface area contributed by atoms with Crippen LogP contribution in [0.2, 0.25) is 15.1 Å². The number of amides is 3. The van der Waals surface area contributed by atoms with E-state index in [1.165, 1.54) is 24.3 Å². The van der Waals surface area contributed by atoms with E-state index in [4.69, 9.17) is 39.5 Å². The van der Waals surface area contributed by atoms with Gasteiger partial charge in [-0.15, -0.1) is 0 Å². The number of hydrazine groups is 1. The summed E-state index contributed by atoms with van der Waals surface area (Å²) in [5.41, 5.74) is 3.15. The van der Waals surface area contributed by atoms with Crippen molar-refractivity contribution in [2.24, 2.45) is 5.92 Å². The Morgan fingerprint density at radius 3 is 2.42 bits per heavy atom. The SMILES string of the molecule is O=C(COC(=O)[C@@H]1CC(=O)N(NC(=O)c2ccc(Cl)cc2)C1)Nc1ccc(Cl)c(Cl)c1. The highest BCUT2D eigenvalue weighted by Gasteiger charge is 2.36. The zero-order valence-corrected chi connectivity index (χ0v) is 18.1. The number of halogens is 3. The molecule has 1 aliphatic heterocycles. The van der Waals surface area contributed by atoms with Crippen LogP contribution in [0.25, 0.3) is 0 Å². The Bertz CT molecular complexity index is 1030. The molecule has 1 saturated heterocycles. The van der Waals surface area contributed by atoms with E-state index in [-0.39, 0.29) is 18.0 Å². The fourth-order valence-electron chi connectivity index (χ4n) is 2.79. The molecule has 0 aliphatic carbocycles. The number of carbonyl (C=O) groups is 4. The van der Waals surface area contributed by atoms with Gasteiger partial charge in [0.05, 0.1) is 22.5 Å². The largest absolute Gasteiger partial charge is 0.455 e. The number of anilines is 1. The van der Waals surface area contributed by atoms with E-state index >= 15 is 0 Å². The number of nitrogens with zero attached hydrogens (tertiary/aromatic N) is 1. The molecule has 1 atom stereocenters. The number of nitrogens with one attached hydrogen (secondary N) is 2. The van der Waals surface area contributed by atoms with E-state index < -0.39 is 36.2 Å². The standard InChI is InChI=1S/C20H16Cl3N3O5/c21-13-3-1-11(2-4-13)19(29)25-26-9-12(7-18(26)28)20(30)31-10-17(27)24-14-5-6-15(22)16(23)8-14/h1-6,8,12H,7,9-10H2,(H,24,27)(H,25,29)/t12-/m1/s1. The molecule has 0 spiro atoms. The highest BCUT2D eigenvalue weighted by Crippen LogP contribution is 2.25. The molecule has 11 heteroatoms. The van der Waals surface area contributed by atoms with Crippen molar-refractivity contribution in [3.63, 3.8) is 0 Å². The second-order valence-corrected chi connectivity index (χ2v) is 7.89. The lowest BCUT2D eigenvalue weighted by atomic mass is 10.1. The summed E-state index contributed by atoms with van der Waals surface area (Å²) < 4.78 is 5.00. The second-order valence-electron chi connectivity index (χ2n) is 6.64. The topological polar surface area (TPSA) is 105 Å². The first-order valence-corrected chi connectivity index (χ1v) is 10.1. The second kappa shape index (κ2) is 10.00. The lowest BCUT2D eigenvalue weighted by Gasteiger charge is -2.17. The zero-order chi connectivity index (χ0) is 22.5. The molecule has 0 unspecified atom stereocenters. The highest BCUT2D eigenvalue weighted by molar-refractivity contribution is 6.42. The summed E-state index contributed by atoms with van der Waals surface area (Å²) in [6, 6.07) is 10.6.